The molecule has 0 aliphatic heterocycles. The van der Waals surface area contributed by atoms with Gasteiger partial charge in [-0.1, -0.05) is 11.6 Å². The summed E-state index contributed by atoms with van der Waals surface area (Å²) in [6, 6.07) is 0. The van der Waals surface area contributed by atoms with Crippen molar-refractivity contribution in [1.29, 1.82) is 0 Å². The molecule has 0 aromatic heterocycles. The van der Waals surface area contributed by atoms with Crippen LogP contribution >= 0.6 is 23.2 Å². The highest BCUT2D eigenvalue weighted by molar-refractivity contribution is 6.27. The molecule has 0 heterocycles. The van der Waals surface area contributed by atoms with E-state index in [1.165, 1.54) is 0 Å². The molecular formula is C4H3Cl2F3O2. The smallest absolute Gasteiger partial charge is 0.438 e. The number of alkyl halides is 5. The second-order valence-electron chi connectivity index (χ2n) is 1.47. The van der Waals surface area contributed by atoms with Crippen LogP contribution in [0, 0.1) is 0 Å². The third kappa shape index (κ3) is 4.31. The van der Waals surface area contributed by atoms with Crippen LogP contribution in [0.2, 0.25) is 0 Å². The van der Waals surface area contributed by atoms with Crippen LogP contribution in [0.5, 0.6) is 0 Å². The third-order valence-corrected chi connectivity index (χ3v) is 1.27. The Kier molecular flexibility index (Phi) is 3.96. The lowest BCUT2D eigenvalue weighted by Gasteiger charge is -2.09. The molecule has 7 heteroatoms. The zero-order valence-corrected chi connectivity index (χ0v) is 6.50. The minimum absolute atomic E-state index is 0.386. The zero-order chi connectivity index (χ0) is 9.07. The van der Waals surface area contributed by atoms with Gasteiger partial charge in [0, 0.05) is 0 Å². The van der Waals surface area contributed by atoms with Crippen LogP contribution in [0.1, 0.15) is 0 Å². The van der Waals surface area contributed by atoms with E-state index in [0.717, 1.165) is 0 Å². The number of ether oxygens (including phenoxy) is 1. The van der Waals surface area contributed by atoms with Gasteiger partial charge in [-0.2, -0.15) is 13.2 Å². The molecule has 2 nitrogen and oxygen atoms in total. The van der Waals surface area contributed by atoms with Crippen LogP contribution in [0.25, 0.3) is 0 Å². The molecule has 0 fully saturated rings. The lowest BCUT2D eigenvalue weighted by atomic mass is 10.6. The van der Waals surface area contributed by atoms with Crippen LogP contribution in [-0.2, 0) is 9.53 Å². The van der Waals surface area contributed by atoms with Gasteiger partial charge in [-0.15, -0.1) is 11.6 Å². The Morgan fingerprint density at radius 1 is 1.55 bits per heavy atom. The molecule has 1 atom stereocenters. The number of halogens is 5. The summed E-state index contributed by atoms with van der Waals surface area (Å²) in [7, 11) is 0. The van der Waals surface area contributed by atoms with Gasteiger partial charge < -0.3 is 4.74 Å². The van der Waals surface area contributed by atoms with Gasteiger partial charge in [0.1, 0.15) is 0 Å². The summed E-state index contributed by atoms with van der Waals surface area (Å²) in [5, 5.41) is 0. The Balaban J connectivity index is 3.88. The van der Waals surface area contributed by atoms with Gasteiger partial charge in [0.05, 0.1) is 5.88 Å². The maximum Gasteiger partial charge on any atom is 0.490 e. The van der Waals surface area contributed by atoms with Gasteiger partial charge in [0.15, 0.2) is 5.56 Å². The normalized spacial score (nSPS) is 14.3. The number of hydrogen-bond acceptors (Lipinski definition) is 2. The molecule has 0 saturated heterocycles. The third-order valence-electron chi connectivity index (χ3n) is 0.588. The highest BCUT2D eigenvalue weighted by Crippen LogP contribution is 2.18. The second kappa shape index (κ2) is 4.01. The molecule has 0 spiro atoms. The monoisotopic (exact) mass is 210 g/mol. The lowest BCUT2D eigenvalue weighted by Crippen LogP contribution is -2.28. The predicted octanol–water partition coefficient (Wildman–Crippen LogP) is 1.90. The average Bonchev–Trinajstić information content (AvgIpc) is 1.85. The Bertz CT molecular complexity index is 147. The maximum absolute atomic E-state index is 11.4. The Hall–Kier alpha value is -0.160. The van der Waals surface area contributed by atoms with E-state index < -0.39 is 17.7 Å². The molecule has 0 aromatic carbocycles. The van der Waals surface area contributed by atoms with E-state index in [-0.39, 0.29) is 5.88 Å². The van der Waals surface area contributed by atoms with E-state index in [9.17, 15) is 18.0 Å². The van der Waals surface area contributed by atoms with E-state index in [1.54, 1.807) is 0 Å². The highest BCUT2D eigenvalue weighted by atomic mass is 35.5. The first-order chi connectivity index (χ1) is 4.88. The van der Waals surface area contributed by atoms with Crippen LogP contribution in [0.3, 0.4) is 0 Å². The summed E-state index contributed by atoms with van der Waals surface area (Å²) in [6.45, 7) is 0. The van der Waals surface area contributed by atoms with E-state index in [1.807, 2.05) is 0 Å². The zero-order valence-electron chi connectivity index (χ0n) is 4.99. The van der Waals surface area contributed by atoms with E-state index in [2.05, 4.69) is 4.74 Å². The van der Waals surface area contributed by atoms with Gasteiger partial charge in [0.25, 0.3) is 0 Å². The first-order valence-corrected chi connectivity index (χ1v) is 3.33. The number of esters is 1. The highest BCUT2D eigenvalue weighted by Gasteiger charge is 2.41. The summed E-state index contributed by atoms with van der Waals surface area (Å²) in [5.74, 6) is -2.72. The number of carbonyl (C=O) groups is 1. The van der Waals surface area contributed by atoms with Crippen molar-refractivity contribution < 1.29 is 22.7 Å². The fraction of sp³-hybridized carbons (Fsp3) is 0.750. The summed E-state index contributed by atoms with van der Waals surface area (Å²) in [6.07, 6.45) is -5.01. The topological polar surface area (TPSA) is 26.3 Å². The molecule has 0 aromatic rings. The van der Waals surface area contributed by atoms with Crippen molar-refractivity contribution in [3.63, 3.8) is 0 Å². The Labute approximate surface area is 70.2 Å². The molecule has 0 aliphatic rings. The fourth-order valence-corrected chi connectivity index (χ4v) is 0.358. The summed E-state index contributed by atoms with van der Waals surface area (Å²) in [4.78, 5) is 9.94. The summed E-state index contributed by atoms with van der Waals surface area (Å²) < 4.78 is 37.7. The molecule has 0 saturated carbocycles. The minimum atomic E-state index is -5.01. The first-order valence-electron chi connectivity index (χ1n) is 2.35. The van der Waals surface area contributed by atoms with Gasteiger partial charge in [-0.25, -0.2) is 4.79 Å². The second-order valence-corrected chi connectivity index (χ2v) is 2.26. The quantitative estimate of drug-likeness (QED) is 0.514. The fourth-order valence-electron chi connectivity index (χ4n) is 0.214. The van der Waals surface area contributed by atoms with E-state index >= 15 is 0 Å². The lowest BCUT2D eigenvalue weighted by molar-refractivity contribution is -0.200. The van der Waals surface area contributed by atoms with E-state index in [0.29, 0.717) is 0 Å². The van der Waals surface area contributed by atoms with Gasteiger partial charge in [-0.3, -0.25) is 0 Å². The standard InChI is InChI=1S/C4H3Cl2F3O2/c5-1-2(6)11-3(10)4(7,8)9/h2H,1H2. The predicted molar refractivity (Wildman–Crippen MR) is 32.5 cm³/mol. The van der Waals surface area contributed by atoms with Crippen molar-refractivity contribution in [2.45, 2.75) is 11.7 Å². The SMILES string of the molecule is O=C(OC(Cl)CCl)C(F)(F)F. The van der Waals surface area contributed by atoms with Gasteiger partial charge in [0.2, 0.25) is 0 Å². The molecule has 0 rings (SSSR count). The molecule has 0 aliphatic carbocycles. The van der Waals surface area contributed by atoms with Crippen molar-refractivity contribution in [3.8, 4) is 0 Å². The van der Waals surface area contributed by atoms with Crippen molar-refractivity contribution in [1.82, 2.24) is 0 Å². The average molecular weight is 211 g/mol. The largest absolute Gasteiger partial charge is 0.490 e. The van der Waals surface area contributed by atoms with Crippen LogP contribution in [0.4, 0.5) is 13.2 Å². The molecule has 1 unspecified atom stereocenters. The molecule has 0 bridgehead atoms. The molecular weight excluding hydrogens is 208 g/mol. The van der Waals surface area contributed by atoms with Crippen molar-refractivity contribution in [2.24, 2.45) is 0 Å². The summed E-state index contributed by atoms with van der Waals surface area (Å²) >= 11 is 9.96. The Morgan fingerprint density at radius 2 is 2.00 bits per heavy atom. The van der Waals surface area contributed by atoms with Crippen molar-refractivity contribution >= 4 is 29.2 Å². The van der Waals surface area contributed by atoms with E-state index in [4.69, 9.17) is 23.2 Å². The van der Waals surface area contributed by atoms with Crippen molar-refractivity contribution in [3.05, 3.63) is 0 Å². The van der Waals surface area contributed by atoms with Crippen LogP contribution in [-0.4, -0.2) is 23.6 Å². The number of hydrogen-bond donors (Lipinski definition) is 0. The molecule has 0 radical (unpaired) electrons. The van der Waals surface area contributed by atoms with Crippen LogP contribution in [0.15, 0.2) is 0 Å². The molecule has 11 heavy (non-hydrogen) atoms. The Morgan fingerprint density at radius 3 is 2.27 bits per heavy atom. The van der Waals surface area contributed by atoms with Gasteiger partial charge >= 0.3 is 12.1 Å². The number of rotatable bonds is 2. The summed E-state index contributed by atoms with van der Waals surface area (Å²) in [5.41, 5.74) is -1.44. The van der Waals surface area contributed by atoms with Crippen molar-refractivity contribution in [2.75, 3.05) is 5.88 Å². The molecule has 0 N–H and O–H groups in total. The van der Waals surface area contributed by atoms with Gasteiger partial charge in [-0.05, 0) is 0 Å². The molecule has 0 amide bonds. The maximum atomic E-state index is 11.4. The minimum Gasteiger partial charge on any atom is -0.438 e. The first kappa shape index (κ1) is 10.8. The molecule has 66 valence electrons. The number of carbonyl (C=O) groups excluding carboxylic acids is 1. The van der Waals surface area contributed by atoms with Crippen LogP contribution < -0.4 is 0 Å².